The lowest BCUT2D eigenvalue weighted by atomic mass is 9.85. The maximum Gasteiger partial charge on any atom is 0.158 e. The van der Waals surface area contributed by atoms with Gasteiger partial charge in [-0.1, -0.05) is 97.1 Å². The molecule has 0 spiro atoms. The molecular formula is C48H44N2O2S4. The lowest BCUT2D eigenvalue weighted by molar-refractivity contribution is 0.130. The van der Waals surface area contributed by atoms with Crippen molar-refractivity contribution in [1.29, 1.82) is 0 Å². The van der Waals surface area contributed by atoms with E-state index in [1.807, 2.05) is 72.8 Å². The highest BCUT2D eigenvalue weighted by Gasteiger charge is 2.40. The summed E-state index contributed by atoms with van der Waals surface area (Å²) in [6, 6.07) is 49.6. The first-order valence-electron chi connectivity index (χ1n) is 19.4. The smallest absolute Gasteiger partial charge is 0.158 e. The van der Waals surface area contributed by atoms with Crippen LogP contribution in [-0.2, 0) is 11.2 Å². The number of thiophene rings is 4. The van der Waals surface area contributed by atoms with E-state index in [1.165, 1.54) is 51.9 Å². The van der Waals surface area contributed by atoms with E-state index in [0.29, 0.717) is 0 Å². The second-order valence-corrected chi connectivity index (χ2v) is 18.8. The summed E-state index contributed by atoms with van der Waals surface area (Å²) >= 11 is 6.49. The fraction of sp³-hybridized carbons (Fsp3) is 0.208. The highest BCUT2D eigenvalue weighted by atomic mass is 32.1. The van der Waals surface area contributed by atoms with Gasteiger partial charge in [-0.05, 0) is 133 Å². The predicted molar refractivity (Wildman–Crippen MR) is 242 cm³/mol. The number of fused-ring (bicyclic) bond motifs is 4. The average molecular weight is 809 g/mol. The van der Waals surface area contributed by atoms with E-state index in [2.05, 4.69) is 83.4 Å². The minimum absolute atomic E-state index is 0.768. The summed E-state index contributed by atoms with van der Waals surface area (Å²) in [7, 11) is 0. The summed E-state index contributed by atoms with van der Waals surface area (Å²) in [5, 5.41) is 36.7. The van der Waals surface area contributed by atoms with Crippen molar-refractivity contribution in [2.24, 2.45) is 0 Å². The van der Waals surface area contributed by atoms with Crippen molar-refractivity contribution in [2.45, 2.75) is 36.9 Å². The lowest BCUT2D eigenvalue weighted by Gasteiger charge is -2.30. The normalized spacial score (nSPS) is 14.6. The van der Waals surface area contributed by atoms with Crippen LogP contribution in [0.3, 0.4) is 0 Å². The molecule has 0 saturated carbocycles. The Labute approximate surface area is 343 Å². The van der Waals surface area contributed by atoms with E-state index in [9.17, 15) is 10.2 Å². The van der Waals surface area contributed by atoms with E-state index in [0.717, 1.165) is 71.0 Å². The molecular weight excluding hydrogens is 765 g/mol. The van der Waals surface area contributed by atoms with Gasteiger partial charge in [0.15, 0.2) is 11.2 Å². The van der Waals surface area contributed by atoms with Gasteiger partial charge < -0.3 is 20.8 Å². The van der Waals surface area contributed by atoms with Crippen molar-refractivity contribution in [2.75, 3.05) is 26.2 Å². The van der Waals surface area contributed by atoms with Gasteiger partial charge in [0, 0.05) is 38.3 Å². The van der Waals surface area contributed by atoms with Gasteiger partial charge in [0.2, 0.25) is 0 Å². The molecule has 9 aromatic rings. The molecule has 2 saturated heterocycles. The van der Waals surface area contributed by atoms with Gasteiger partial charge in [-0.25, -0.2) is 0 Å². The maximum atomic E-state index is 12.9. The van der Waals surface area contributed by atoms with Crippen LogP contribution in [0, 0.1) is 0 Å². The Kier molecular flexibility index (Phi) is 10.9. The van der Waals surface area contributed by atoms with Crippen LogP contribution >= 0.6 is 45.3 Å². The van der Waals surface area contributed by atoms with E-state index in [-0.39, 0.29) is 0 Å². The highest BCUT2D eigenvalue weighted by Crippen LogP contribution is 2.49. The molecule has 6 heterocycles. The van der Waals surface area contributed by atoms with Crippen molar-refractivity contribution < 1.29 is 10.2 Å². The fourth-order valence-corrected chi connectivity index (χ4v) is 12.5. The molecule has 4 nitrogen and oxygen atoms in total. The Morgan fingerprint density at radius 3 is 0.821 bits per heavy atom. The third-order valence-corrected chi connectivity index (χ3v) is 15.7. The van der Waals surface area contributed by atoms with Gasteiger partial charge in [-0.2, -0.15) is 0 Å². The number of benzene rings is 5. The predicted octanol–water partition coefficient (Wildman–Crippen LogP) is 11.9. The van der Waals surface area contributed by atoms with Crippen LogP contribution in [-0.4, -0.2) is 36.4 Å². The summed E-state index contributed by atoms with van der Waals surface area (Å²) in [6.45, 7) is 5.00. The molecule has 8 heteroatoms. The van der Waals surface area contributed by atoms with Gasteiger partial charge in [-0.15, -0.1) is 45.3 Å². The van der Waals surface area contributed by atoms with Gasteiger partial charge in [-0.3, -0.25) is 0 Å². The first-order chi connectivity index (χ1) is 27.5. The Balaban J connectivity index is 0.000000358. The molecule has 56 heavy (non-hydrogen) atoms. The molecule has 2 fully saturated rings. The van der Waals surface area contributed by atoms with E-state index >= 15 is 0 Å². The SMILES string of the molecule is C1CCNC1.C1CCNC1.OC(c1ccc(C(O)(c2cc3ccccc3s2)c2cc3ccccc3s2)cc1)(c1cc2ccccc2s1)c1cc2ccccc2s1. The summed E-state index contributed by atoms with van der Waals surface area (Å²) in [6.07, 6.45) is 5.56. The van der Waals surface area contributed by atoms with Crippen molar-refractivity contribution >= 4 is 85.7 Å². The number of hydrogen-bond acceptors (Lipinski definition) is 8. The van der Waals surface area contributed by atoms with Crippen LogP contribution in [0.2, 0.25) is 0 Å². The molecule has 0 aliphatic carbocycles. The molecule has 0 unspecified atom stereocenters. The van der Waals surface area contributed by atoms with Gasteiger partial charge >= 0.3 is 0 Å². The zero-order valence-electron chi connectivity index (χ0n) is 31.0. The molecule has 0 radical (unpaired) electrons. The van der Waals surface area contributed by atoms with Crippen LogP contribution in [0.4, 0.5) is 0 Å². The molecule has 2 aliphatic heterocycles. The van der Waals surface area contributed by atoms with Gasteiger partial charge in [0.1, 0.15) is 0 Å². The molecule has 0 bridgehead atoms. The first-order valence-corrected chi connectivity index (χ1v) is 22.7. The standard InChI is InChI=1S/C40H26O2S4.2C4H9N/c41-39(35-21-25-9-1-5-13-31(25)43-35,36-22-26-10-2-6-14-32(26)44-36)29-17-19-30(20-18-29)40(42,37-23-27-11-3-7-15-33(27)45-37)38-24-28-12-4-8-16-34(28)46-38;2*1-2-4-5-3-1/h1-24,41-42H;2*5H,1-4H2. The van der Waals surface area contributed by atoms with Crippen LogP contribution in [0.5, 0.6) is 0 Å². The summed E-state index contributed by atoms with van der Waals surface area (Å²) < 4.78 is 4.55. The zero-order valence-corrected chi connectivity index (χ0v) is 34.3. The maximum absolute atomic E-state index is 12.9. The van der Waals surface area contributed by atoms with E-state index < -0.39 is 11.2 Å². The molecule has 2 aliphatic rings. The van der Waals surface area contributed by atoms with Crippen LogP contribution in [0.25, 0.3) is 40.3 Å². The Morgan fingerprint density at radius 1 is 0.357 bits per heavy atom. The highest BCUT2D eigenvalue weighted by molar-refractivity contribution is 7.21. The summed E-state index contributed by atoms with van der Waals surface area (Å²) in [5.74, 6) is 0. The Morgan fingerprint density at radius 2 is 0.607 bits per heavy atom. The van der Waals surface area contributed by atoms with Crippen molar-refractivity contribution in [1.82, 2.24) is 10.6 Å². The zero-order chi connectivity index (χ0) is 38.0. The molecule has 0 amide bonds. The van der Waals surface area contributed by atoms with Crippen molar-refractivity contribution in [3.05, 3.63) is 176 Å². The molecule has 5 aromatic carbocycles. The second kappa shape index (κ2) is 16.3. The number of hydrogen-bond donors (Lipinski definition) is 4. The second-order valence-electron chi connectivity index (χ2n) is 14.5. The number of nitrogens with one attached hydrogen (secondary N) is 2. The fourth-order valence-electron chi connectivity index (χ4n) is 7.66. The Bertz CT molecular complexity index is 2230. The van der Waals surface area contributed by atoms with E-state index in [1.54, 1.807) is 45.3 Å². The molecule has 0 atom stereocenters. The first kappa shape index (κ1) is 37.4. The van der Waals surface area contributed by atoms with Crippen molar-refractivity contribution in [3.63, 3.8) is 0 Å². The summed E-state index contributed by atoms with van der Waals surface area (Å²) in [5.41, 5.74) is -1.19. The molecule has 282 valence electrons. The van der Waals surface area contributed by atoms with Gasteiger partial charge in [0.05, 0.1) is 0 Å². The van der Waals surface area contributed by atoms with Crippen LogP contribution in [0.1, 0.15) is 56.3 Å². The molecule has 11 rings (SSSR count). The quantitative estimate of drug-likeness (QED) is 0.135. The minimum Gasteiger partial charge on any atom is -0.374 e. The molecule has 4 N–H and O–H groups in total. The van der Waals surface area contributed by atoms with Crippen molar-refractivity contribution in [3.8, 4) is 0 Å². The topological polar surface area (TPSA) is 64.5 Å². The van der Waals surface area contributed by atoms with Crippen LogP contribution < -0.4 is 10.6 Å². The Hall–Kier alpha value is -4.22. The van der Waals surface area contributed by atoms with Crippen LogP contribution in [0.15, 0.2) is 146 Å². The third kappa shape index (κ3) is 7.25. The number of rotatable bonds is 6. The third-order valence-electron chi connectivity index (χ3n) is 10.8. The largest absolute Gasteiger partial charge is 0.374 e. The lowest BCUT2D eigenvalue weighted by Crippen LogP contribution is -2.29. The van der Waals surface area contributed by atoms with E-state index in [4.69, 9.17) is 0 Å². The number of aliphatic hydroxyl groups is 2. The minimum atomic E-state index is -1.36. The monoisotopic (exact) mass is 808 g/mol. The molecule has 4 aromatic heterocycles. The average Bonchev–Trinajstić information content (AvgIpc) is 4.10. The van der Waals surface area contributed by atoms with Gasteiger partial charge in [0.25, 0.3) is 0 Å². The summed E-state index contributed by atoms with van der Waals surface area (Å²) in [4.78, 5) is 3.49.